The summed E-state index contributed by atoms with van der Waals surface area (Å²) in [5, 5.41) is 3.63. The van der Waals surface area contributed by atoms with Crippen LogP contribution in [0.1, 0.15) is 38.2 Å². The van der Waals surface area contributed by atoms with Crippen molar-refractivity contribution in [3.8, 4) is 0 Å². The van der Waals surface area contributed by atoms with Crippen LogP contribution in [0.25, 0.3) is 0 Å². The van der Waals surface area contributed by atoms with Crippen molar-refractivity contribution in [1.82, 2.24) is 10.3 Å². The van der Waals surface area contributed by atoms with E-state index in [0.717, 1.165) is 18.5 Å². The van der Waals surface area contributed by atoms with Crippen molar-refractivity contribution in [2.24, 2.45) is 5.92 Å². The molecular weight excluding hydrogens is 184 g/mol. The predicted molar refractivity (Wildman–Crippen MR) is 62.5 cm³/mol. The molecule has 1 aromatic rings. The zero-order chi connectivity index (χ0) is 10.5. The summed E-state index contributed by atoms with van der Waals surface area (Å²) in [6.45, 7) is 3.35. The number of hydrogen-bond acceptors (Lipinski definition) is 2. The van der Waals surface area contributed by atoms with Crippen molar-refractivity contribution in [2.75, 3.05) is 0 Å². The minimum Gasteiger partial charge on any atom is -0.310 e. The first-order chi connectivity index (χ1) is 7.34. The summed E-state index contributed by atoms with van der Waals surface area (Å²) < 4.78 is 0. The van der Waals surface area contributed by atoms with Crippen molar-refractivity contribution < 1.29 is 0 Å². The van der Waals surface area contributed by atoms with Gasteiger partial charge in [0.2, 0.25) is 0 Å². The summed E-state index contributed by atoms with van der Waals surface area (Å²) >= 11 is 0. The van der Waals surface area contributed by atoms with Gasteiger partial charge < -0.3 is 5.32 Å². The second-order valence-corrected chi connectivity index (χ2v) is 4.69. The van der Waals surface area contributed by atoms with E-state index in [4.69, 9.17) is 0 Å². The van der Waals surface area contributed by atoms with Crippen LogP contribution in [0.3, 0.4) is 0 Å². The number of pyridine rings is 1. The molecule has 0 radical (unpaired) electrons. The lowest BCUT2D eigenvalue weighted by atomic mass is 9.87. The van der Waals surface area contributed by atoms with Gasteiger partial charge in [-0.05, 0) is 49.3 Å². The molecule has 0 amide bonds. The van der Waals surface area contributed by atoms with Crippen LogP contribution in [0, 0.1) is 5.92 Å². The number of hydrogen-bond donors (Lipinski definition) is 1. The van der Waals surface area contributed by atoms with E-state index in [1.54, 1.807) is 0 Å². The lowest BCUT2D eigenvalue weighted by Gasteiger charge is -2.27. The molecule has 1 saturated carbocycles. The molecule has 0 unspecified atom stereocenters. The molecule has 0 bridgehead atoms. The summed E-state index contributed by atoms with van der Waals surface area (Å²) in [7, 11) is 0. The lowest BCUT2D eigenvalue weighted by Crippen LogP contribution is -2.32. The molecule has 1 heterocycles. The van der Waals surface area contributed by atoms with Gasteiger partial charge in [-0.3, -0.25) is 4.98 Å². The van der Waals surface area contributed by atoms with Gasteiger partial charge >= 0.3 is 0 Å². The lowest BCUT2D eigenvalue weighted by molar-refractivity contribution is 0.306. The molecule has 0 spiro atoms. The highest BCUT2D eigenvalue weighted by Crippen LogP contribution is 2.23. The number of aromatic nitrogens is 1. The molecule has 82 valence electrons. The minimum atomic E-state index is 0.731. The first kappa shape index (κ1) is 10.6. The van der Waals surface area contributed by atoms with Gasteiger partial charge in [0.25, 0.3) is 0 Å². The molecule has 0 aromatic carbocycles. The van der Waals surface area contributed by atoms with E-state index < -0.39 is 0 Å². The smallest absolute Gasteiger partial charge is 0.0271 e. The molecule has 2 heteroatoms. The molecule has 1 fully saturated rings. The number of nitrogens with one attached hydrogen (secondary N) is 1. The van der Waals surface area contributed by atoms with E-state index in [1.165, 1.54) is 31.2 Å². The van der Waals surface area contributed by atoms with E-state index in [0.29, 0.717) is 0 Å². The third kappa shape index (κ3) is 3.31. The maximum Gasteiger partial charge on any atom is 0.0271 e. The zero-order valence-electron chi connectivity index (χ0n) is 9.45. The Hall–Kier alpha value is -0.890. The monoisotopic (exact) mass is 204 g/mol. The Morgan fingerprint density at radius 3 is 2.53 bits per heavy atom. The van der Waals surface area contributed by atoms with E-state index >= 15 is 0 Å². The van der Waals surface area contributed by atoms with Gasteiger partial charge in [-0.1, -0.05) is 6.92 Å². The van der Waals surface area contributed by atoms with E-state index in [9.17, 15) is 0 Å². The van der Waals surface area contributed by atoms with E-state index in [-0.39, 0.29) is 0 Å². The second kappa shape index (κ2) is 5.26. The maximum atomic E-state index is 4.02. The fraction of sp³-hybridized carbons (Fsp3) is 0.615. The van der Waals surface area contributed by atoms with Crippen molar-refractivity contribution in [1.29, 1.82) is 0 Å². The summed E-state index contributed by atoms with van der Waals surface area (Å²) in [6, 6.07) is 4.89. The van der Waals surface area contributed by atoms with Crippen LogP contribution in [0.4, 0.5) is 0 Å². The van der Waals surface area contributed by atoms with E-state index in [1.807, 2.05) is 12.4 Å². The Bertz CT molecular complexity index is 276. The van der Waals surface area contributed by atoms with Crippen molar-refractivity contribution in [2.45, 2.75) is 45.2 Å². The fourth-order valence-corrected chi connectivity index (χ4v) is 2.23. The van der Waals surface area contributed by atoms with Crippen molar-refractivity contribution in [3.05, 3.63) is 30.1 Å². The molecule has 2 rings (SSSR count). The quantitative estimate of drug-likeness (QED) is 0.819. The average molecular weight is 204 g/mol. The molecule has 0 saturated heterocycles. The number of nitrogens with zero attached hydrogens (tertiary/aromatic N) is 1. The maximum absolute atomic E-state index is 4.02. The van der Waals surface area contributed by atoms with Crippen LogP contribution in [0.15, 0.2) is 24.5 Å². The molecule has 1 N–H and O–H groups in total. The average Bonchev–Trinajstić information content (AvgIpc) is 2.30. The van der Waals surface area contributed by atoms with Crippen LogP contribution in [0.5, 0.6) is 0 Å². The molecule has 1 aliphatic rings. The van der Waals surface area contributed by atoms with Gasteiger partial charge in [-0.25, -0.2) is 0 Å². The summed E-state index contributed by atoms with van der Waals surface area (Å²) in [5.74, 6) is 0.934. The molecule has 1 aromatic heterocycles. The molecule has 2 nitrogen and oxygen atoms in total. The summed E-state index contributed by atoms with van der Waals surface area (Å²) in [6.07, 6.45) is 9.17. The highest BCUT2D eigenvalue weighted by Gasteiger charge is 2.17. The first-order valence-electron chi connectivity index (χ1n) is 5.97. The molecule has 0 atom stereocenters. The third-order valence-electron chi connectivity index (χ3n) is 3.36. The van der Waals surface area contributed by atoms with Gasteiger partial charge in [-0.15, -0.1) is 0 Å². The third-order valence-corrected chi connectivity index (χ3v) is 3.36. The van der Waals surface area contributed by atoms with Crippen LogP contribution in [0.2, 0.25) is 0 Å². The van der Waals surface area contributed by atoms with Gasteiger partial charge in [0.05, 0.1) is 0 Å². The molecule has 0 aliphatic heterocycles. The van der Waals surface area contributed by atoms with Crippen LogP contribution in [-0.4, -0.2) is 11.0 Å². The Balaban J connectivity index is 1.74. The van der Waals surface area contributed by atoms with Crippen molar-refractivity contribution in [3.63, 3.8) is 0 Å². The highest BCUT2D eigenvalue weighted by molar-refractivity contribution is 5.09. The SMILES string of the molecule is CC1CCC(NCc2ccncc2)CC1. The largest absolute Gasteiger partial charge is 0.310 e. The Morgan fingerprint density at radius 2 is 1.87 bits per heavy atom. The van der Waals surface area contributed by atoms with Crippen LogP contribution < -0.4 is 5.32 Å². The highest BCUT2D eigenvalue weighted by atomic mass is 14.9. The fourth-order valence-electron chi connectivity index (χ4n) is 2.23. The Labute approximate surface area is 92.1 Å². The molecular formula is C13H20N2. The van der Waals surface area contributed by atoms with E-state index in [2.05, 4.69) is 29.4 Å². The molecule has 15 heavy (non-hydrogen) atoms. The van der Waals surface area contributed by atoms with Gasteiger partial charge in [0, 0.05) is 25.0 Å². The zero-order valence-corrected chi connectivity index (χ0v) is 9.45. The normalized spacial score (nSPS) is 26.5. The minimum absolute atomic E-state index is 0.731. The molecule has 1 aliphatic carbocycles. The number of rotatable bonds is 3. The Morgan fingerprint density at radius 1 is 1.20 bits per heavy atom. The van der Waals surface area contributed by atoms with Gasteiger partial charge in [0.15, 0.2) is 0 Å². The standard InChI is InChI=1S/C13H20N2/c1-11-2-4-13(5-3-11)15-10-12-6-8-14-9-7-12/h6-9,11,13,15H,2-5,10H2,1H3. The Kier molecular flexibility index (Phi) is 3.73. The summed E-state index contributed by atoms with van der Waals surface area (Å²) in [4.78, 5) is 4.02. The van der Waals surface area contributed by atoms with Crippen LogP contribution in [-0.2, 0) is 6.54 Å². The second-order valence-electron chi connectivity index (χ2n) is 4.69. The van der Waals surface area contributed by atoms with Crippen molar-refractivity contribution >= 4 is 0 Å². The topological polar surface area (TPSA) is 24.9 Å². The van der Waals surface area contributed by atoms with Gasteiger partial charge in [0.1, 0.15) is 0 Å². The van der Waals surface area contributed by atoms with Crippen LogP contribution >= 0.6 is 0 Å². The van der Waals surface area contributed by atoms with Gasteiger partial charge in [-0.2, -0.15) is 0 Å². The first-order valence-corrected chi connectivity index (χ1v) is 5.97. The predicted octanol–water partition coefficient (Wildman–Crippen LogP) is 2.75. The summed E-state index contributed by atoms with van der Waals surface area (Å²) in [5.41, 5.74) is 1.34.